The van der Waals surface area contributed by atoms with Crippen LogP contribution in [0, 0.1) is 29.3 Å². The van der Waals surface area contributed by atoms with E-state index in [9.17, 15) is 13.2 Å². The van der Waals surface area contributed by atoms with Crippen LogP contribution in [0.4, 0.5) is 13.2 Å². The molecular formula is C16H11F3O2. The van der Waals surface area contributed by atoms with Gasteiger partial charge in [-0.3, -0.25) is 0 Å². The zero-order valence-corrected chi connectivity index (χ0v) is 10.9. The van der Waals surface area contributed by atoms with Crippen molar-refractivity contribution in [1.82, 2.24) is 0 Å². The Morgan fingerprint density at radius 3 is 2.67 bits per heavy atom. The van der Waals surface area contributed by atoms with Crippen LogP contribution >= 0.6 is 0 Å². The van der Waals surface area contributed by atoms with E-state index >= 15 is 0 Å². The van der Waals surface area contributed by atoms with Gasteiger partial charge in [-0.15, -0.1) is 0 Å². The maximum absolute atomic E-state index is 13.5. The van der Waals surface area contributed by atoms with Crippen molar-refractivity contribution in [2.45, 2.75) is 6.61 Å². The molecule has 2 aromatic rings. The van der Waals surface area contributed by atoms with Crippen molar-refractivity contribution >= 4 is 0 Å². The van der Waals surface area contributed by atoms with Gasteiger partial charge >= 0.3 is 0 Å². The largest absolute Gasteiger partial charge is 0.489 e. The second-order valence-corrected chi connectivity index (χ2v) is 4.14. The summed E-state index contributed by atoms with van der Waals surface area (Å²) in [5, 5.41) is 8.60. The van der Waals surface area contributed by atoms with E-state index in [0.717, 1.165) is 12.1 Å². The topological polar surface area (TPSA) is 29.5 Å². The predicted molar refractivity (Wildman–Crippen MR) is 71.1 cm³/mol. The summed E-state index contributed by atoms with van der Waals surface area (Å²) in [6.07, 6.45) is 0. The first-order valence-electron chi connectivity index (χ1n) is 6.06. The number of aliphatic hydroxyl groups excluding tert-OH is 1. The Morgan fingerprint density at radius 2 is 1.90 bits per heavy atom. The van der Waals surface area contributed by atoms with Gasteiger partial charge in [0.05, 0.1) is 0 Å². The van der Waals surface area contributed by atoms with Gasteiger partial charge in [0.15, 0.2) is 11.6 Å². The zero-order valence-electron chi connectivity index (χ0n) is 10.9. The molecule has 21 heavy (non-hydrogen) atoms. The maximum Gasteiger partial charge on any atom is 0.165 e. The molecule has 2 aromatic carbocycles. The molecule has 0 aliphatic heterocycles. The van der Waals surface area contributed by atoms with Crippen molar-refractivity contribution < 1.29 is 23.0 Å². The Kier molecular flexibility index (Phi) is 4.85. The molecule has 0 atom stereocenters. The van der Waals surface area contributed by atoms with Gasteiger partial charge in [0.25, 0.3) is 0 Å². The van der Waals surface area contributed by atoms with Gasteiger partial charge < -0.3 is 9.84 Å². The molecule has 0 aromatic heterocycles. The van der Waals surface area contributed by atoms with Gasteiger partial charge in [-0.05, 0) is 18.2 Å². The second kappa shape index (κ2) is 6.82. The van der Waals surface area contributed by atoms with E-state index in [1.54, 1.807) is 0 Å². The number of hydrogen-bond acceptors (Lipinski definition) is 2. The van der Waals surface area contributed by atoms with Crippen LogP contribution in [0.5, 0.6) is 5.75 Å². The highest BCUT2D eigenvalue weighted by Crippen LogP contribution is 2.19. The summed E-state index contributed by atoms with van der Waals surface area (Å²) in [6.45, 7) is -0.582. The molecule has 0 spiro atoms. The minimum atomic E-state index is -0.991. The van der Waals surface area contributed by atoms with E-state index in [1.807, 2.05) is 0 Å². The molecule has 0 saturated heterocycles. The van der Waals surface area contributed by atoms with E-state index in [2.05, 4.69) is 11.8 Å². The standard InChI is InChI=1S/C16H11F3O2/c17-13-7-11(3-2-6-20)8-14(9-13)21-10-12-4-1-5-15(18)16(12)19/h1,4-5,7-9,20H,6,10H2. The fraction of sp³-hybridized carbons (Fsp3) is 0.125. The third-order valence-corrected chi connectivity index (χ3v) is 2.61. The van der Waals surface area contributed by atoms with E-state index < -0.39 is 17.5 Å². The van der Waals surface area contributed by atoms with E-state index in [4.69, 9.17) is 9.84 Å². The van der Waals surface area contributed by atoms with Crippen LogP contribution in [-0.4, -0.2) is 11.7 Å². The fourth-order valence-electron chi connectivity index (χ4n) is 1.68. The molecule has 0 unspecified atom stereocenters. The van der Waals surface area contributed by atoms with Crippen LogP contribution in [0.25, 0.3) is 0 Å². The normalized spacial score (nSPS) is 9.90. The molecule has 0 saturated carbocycles. The highest BCUT2D eigenvalue weighted by molar-refractivity contribution is 5.40. The molecule has 2 nitrogen and oxygen atoms in total. The highest BCUT2D eigenvalue weighted by Gasteiger charge is 2.08. The number of rotatable bonds is 3. The molecule has 0 radical (unpaired) electrons. The lowest BCUT2D eigenvalue weighted by atomic mass is 10.2. The van der Waals surface area contributed by atoms with Crippen LogP contribution < -0.4 is 4.74 Å². The molecule has 108 valence electrons. The van der Waals surface area contributed by atoms with Crippen LogP contribution in [0.15, 0.2) is 36.4 Å². The first-order valence-corrected chi connectivity index (χ1v) is 6.06. The molecule has 0 heterocycles. The first-order chi connectivity index (χ1) is 10.1. The van der Waals surface area contributed by atoms with Crippen LogP contribution in [0.3, 0.4) is 0 Å². The monoisotopic (exact) mass is 292 g/mol. The summed E-state index contributed by atoms with van der Waals surface area (Å²) in [5.41, 5.74) is 0.348. The Labute approximate surface area is 119 Å². The minimum Gasteiger partial charge on any atom is -0.489 e. The summed E-state index contributed by atoms with van der Waals surface area (Å²) in [4.78, 5) is 0. The second-order valence-electron chi connectivity index (χ2n) is 4.14. The molecule has 0 fully saturated rings. The average Bonchev–Trinajstić information content (AvgIpc) is 2.46. The molecule has 2 rings (SSSR count). The van der Waals surface area contributed by atoms with Crippen molar-refractivity contribution in [3.63, 3.8) is 0 Å². The van der Waals surface area contributed by atoms with Gasteiger partial charge in [-0.2, -0.15) is 0 Å². The molecular weight excluding hydrogens is 281 g/mol. The van der Waals surface area contributed by atoms with Crippen molar-refractivity contribution in [1.29, 1.82) is 0 Å². The molecule has 5 heteroatoms. The summed E-state index contributed by atoms with van der Waals surface area (Å²) >= 11 is 0. The lowest BCUT2D eigenvalue weighted by Gasteiger charge is -2.08. The highest BCUT2D eigenvalue weighted by atomic mass is 19.2. The molecule has 0 aliphatic carbocycles. The van der Waals surface area contributed by atoms with Crippen molar-refractivity contribution in [3.8, 4) is 17.6 Å². The fourth-order valence-corrected chi connectivity index (χ4v) is 1.68. The Bertz CT molecular complexity index is 702. The van der Waals surface area contributed by atoms with Crippen molar-refractivity contribution in [2.24, 2.45) is 0 Å². The maximum atomic E-state index is 13.5. The van der Waals surface area contributed by atoms with Gasteiger partial charge in [-0.25, -0.2) is 13.2 Å². The number of benzene rings is 2. The minimum absolute atomic E-state index is 0.0299. The van der Waals surface area contributed by atoms with Crippen LogP contribution in [-0.2, 0) is 6.61 Å². The molecule has 0 bridgehead atoms. The van der Waals surface area contributed by atoms with Gasteiger partial charge in [0, 0.05) is 17.2 Å². The smallest absolute Gasteiger partial charge is 0.165 e. The zero-order chi connectivity index (χ0) is 15.2. The summed E-state index contributed by atoms with van der Waals surface area (Å²) in [7, 11) is 0. The SMILES string of the molecule is OCC#Cc1cc(F)cc(OCc2cccc(F)c2F)c1. The molecule has 1 N–H and O–H groups in total. The van der Waals surface area contributed by atoms with Gasteiger partial charge in [0.2, 0.25) is 0 Å². The van der Waals surface area contributed by atoms with Gasteiger partial charge in [-0.1, -0.05) is 24.0 Å². The van der Waals surface area contributed by atoms with E-state index in [0.29, 0.717) is 5.56 Å². The Balaban J connectivity index is 2.16. The molecule has 0 amide bonds. The lowest BCUT2D eigenvalue weighted by Crippen LogP contribution is -2.01. The van der Waals surface area contributed by atoms with E-state index in [1.165, 1.54) is 24.3 Å². The average molecular weight is 292 g/mol. The lowest BCUT2D eigenvalue weighted by molar-refractivity contribution is 0.295. The van der Waals surface area contributed by atoms with Crippen LogP contribution in [0.1, 0.15) is 11.1 Å². The van der Waals surface area contributed by atoms with Crippen molar-refractivity contribution in [3.05, 3.63) is 65.0 Å². The third-order valence-electron chi connectivity index (χ3n) is 2.61. The number of halogens is 3. The van der Waals surface area contributed by atoms with Gasteiger partial charge in [0.1, 0.15) is 24.8 Å². The number of hydrogen-bond donors (Lipinski definition) is 1. The summed E-state index contributed by atoms with van der Waals surface area (Å²) in [6, 6.07) is 7.48. The van der Waals surface area contributed by atoms with Crippen molar-refractivity contribution in [2.75, 3.05) is 6.61 Å². The predicted octanol–water partition coefficient (Wildman–Crippen LogP) is 3.03. The Morgan fingerprint density at radius 1 is 1.10 bits per heavy atom. The summed E-state index contributed by atoms with van der Waals surface area (Å²) < 4.78 is 45.1. The summed E-state index contributed by atoms with van der Waals surface area (Å²) in [5.74, 6) is 2.53. The van der Waals surface area contributed by atoms with E-state index in [-0.39, 0.29) is 24.5 Å². The first kappa shape index (κ1) is 14.9. The number of aliphatic hydroxyl groups is 1. The quantitative estimate of drug-likeness (QED) is 0.881. The molecule has 0 aliphatic rings. The van der Waals surface area contributed by atoms with Crippen LogP contribution in [0.2, 0.25) is 0 Å². The third kappa shape index (κ3) is 4.01. The number of ether oxygens (including phenoxy) is 1. The Hall–Kier alpha value is -2.45.